The predicted molar refractivity (Wildman–Crippen MR) is 82.2 cm³/mol. The van der Waals surface area contributed by atoms with E-state index >= 15 is 0 Å². The number of carbonyl (C=O) groups is 1. The summed E-state index contributed by atoms with van der Waals surface area (Å²) in [6.07, 6.45) is 8.32. The average molecular weight is 306 g/mol. The number of hydrogen-bond acceptors (Lipinski definition) is 4. The van der Waals surface area contributed by atoms with Crippen LogP contribution in [0.4, 0.5) is 9.93 Å². The smallest absolute Gasteiger partial charge is 0.323 e. The van der Waals surface area contributed by atoms with Gasteiger partial charge in [-0.05, 0) is 61.7 Å². The SMILES string of the molecule is CN(CC12CC3CC(CC(C3)C1)C2)C(=O)Nc1nncs1. The Morgan fingerprint density at radius 1 is 1.33 bits per heavy atom. The number of carbonyl (C=O) groups excluding carboxylic acids is 1. The van der Waals surface area contributed by atoms with Gasteiger partial charge in [-0.3, -0.25) is 5.32 Å². The van der Waals surface area contributed by atoms with E-state index in [2.05, 4.69) is 15.5 Å². The van der Waals surface area contributed by atoms with Crippen LogP contribution >= 0.6 is 11.3 Å². The molecule has 0 aliphatic heterocycles. The molecule has 4 saturated carbocycles. The lowest BCUT2D eigenvalue weighted by atomic mass is 9.49. The van der Waals surface area contributed by atoms with Gasteiger partial charge in [0, 0.05) is 13.6 Å². The molecule has 4 aliphatic rings. The summed E-state index contributed by atoms with van der Waals surface area (Å²) in [4.78, 5) is 14.1. The molecular weight excluding hydrogens is 284 g/mol. The molecule has 5 rings (SSSR count). The fraction of sp³-hybridized carbons (Fsp3) is 0.800. The Balaban J connectivity index is 1.42. The minimum Gasteiger partial charge on any atom is -0.327 e. The highest BCUT2D eigenvalue weighted by Gasteiger charge is 2.51. The van der Waals surface area contributed by atoms with Gasteiger partial charge in [-0.1, -0.05) is 11.3 Å². The van der Waals surface area contributed by atoms with E-state index in [0.717, 1.165) is 24.3 Å². The summed E-state index contributed by atoms with van der Waals surface area (Å²) in [5.41, 5.74) is 2.02. The Hall–Kier alpha value is -1.17. The van der Waals surface area contributed by atoms with E-state index in [4.69, 9.17) is 0 Å². The van der Waals surface area contributed by atoms with Crippen LogP contribution in [0.1, 0.15) is 38.5 Å². The highest BCUT2D eigenvalue weighted by atomic mass is 32.1. The Labute approximate surface area is 129 Å². The van der Waals surface area contributed by atoms with Gasteiger partial charge in [0.1, 0.15) is 5.51 Å². The van der Waals surface area contributed by atoms with Crippen LogP contribution in [0, 0.1) is 23.2 Å². The lowest BCUT2D eigenvalue weighted by Crippen LogP contribution is -2.52. The molecule has 4 fully saturated rings. The van der Waals surface area contributed by atoms with E-state index in [9.17, 15) is 4.79 Å². The molecule has 0 aromatic carbocycles. The van der Waals surface area contributed by atoms with Crippen LogP contribution in [0.2, 0.25) is 0 Å². The van der Waals surface area contributed by atoms with Crippen molar-refractivity contribution < 1.29 is 4.79 Å². The maximum absolute atomic E-state index is 12.3. The van der Waals surface area contributed by atoms with Crippen LogP contribution < -0.4 is 5.32 Å². The number of hydrogen-bond donors (Lipinski definition) is 1. The van der Waals surface area contributed by atoms with Gasteiger partial charge in [0.25, 0.3) is 0 Å². The standard InChI is InChI=1S/C15H22N4OS/c1-19(14(20)17-13-18-16-9-21-13)8-15-5-10-2-11(6-15)4-12(3-10)7-15/h9-12H,2-8H2,1H3,(H,17,18,20). The van der Waals surface area contributed by atoms with E-state index in [1.165, 1.54) is 49.9 Å². The molecule has 0 saturated heterocycles. The lowest BCUT2D eigenvalue weighted by molar-refractivity contribution is -0.0611. The number of rotatable bonds is 3. The number of urea groups is 1. The second-order valence-corrected chi connectivity index (χ2v) is 8.28. The van der Waals surface area contributed by atoms with Crippen LogP contribution in [-0.2, 0) is 0 Å². The fourth-order valence-corrected chi connectivity index (χ4v) is 5.91. The maximum atomic E-state index is 12.3. The Kier molecular flexibility index (Phi) is 3.17. The van der Waals surface area contributed by atoms with E-state index in [-0.39, 0.29) is 6.03 Å². The van der Waals surface area contributed by atoms with Crippen molar-refractivity contribution in [3.63, 3.8) is 0 Å². The predicted octanol–water partition coefficient (Wildman–Crippen LogP) is 3.22. The van der Waals surface area contributed by atoms with Crippen molar-refractivity contribution in [2.45, 2.75) is 38.5 Å². The first-order chi connectivity index (χ1) is 10.1. The Morgan fingerprint density at radius 3 is 2.48 bits per heavy atom. The molecule has 1 N–H and O–H groups in total. The van der Waals surface area contributed by atoms with Gasteiger partial charge < -0.3 is 4.90 Å². The van der Waals surface area contributed by atoms with E-state index in [0.29, 0.717) is 10.5 Å². The molecule has 1 heterocycles. The van der Waals surface area contributed by atoms with Crippen LogP contribution in [0.5, 0.6) is 0 Å². The molecule has 0 unspecified atom stereocenters. The van der Waals surface area contributed by atoms with Gasteiger partial charge in [0.15, 0.2) is 0 Å². The van der Waals surface area contributed by atoms with Crippen molar-refractivity contribution in [2.75, 3.05) is 18.9 Å². The lowest BCUT2D eigenvalue weighted by Gasteiger charge is -2.57. The van der Waals surface area contributed by atoms with E-state index < -0.39 is 0 Å². The summed E-state index contributed by atoms with van der Waals surface area (Å²) < 4.78 is 0. The zero-order valence-corrected chi connectivity index (χ0v) is 13.2. The van der Waals surface area contributed by atoms with Crippen molar-refractivity contribution in [2.24, 2.45) is 23.2 Å². The maximum Gasteiger partial charge on any atom is 0.323 e. The molecule has 4 aliphatic carbocycles. The molecule has 2 amide bonds. The van der Waals surface area contributed by atoms with Gasteiger partial charge in [-0.2, -0.15) is 0 Å². The van der Waals surface area contributed by atoms with Gasteiger partial charge in [0.05, 0.1) is 0 Å². The topological polar surface area (TPSA) is 58.1 Å². The van der Waals surface area contributed by atoms with Crippen molar-refractivity contribution >= 4 is 22.5 Å². The monoisotopic (exact) mass is 306 g/mol. The quantitative estimate of drug-likeness (QED) is 0.933. The molecule has 1 aromatic rings. The van der Waals surface area contributed by atoms with Crippen LogP contribution in [0.25, 0.3) is 0 Å². The minimum absolute atomic E-state index is 0.0532. The highest BCUT2D eigenvalue weighted by molar-refractivity contribution is 7.13. The van der Waals surface area contributed by atoms with Crippen molar-refractivity contribution in [1.29, 1.82) is 0 Å². The third-order valence-electron chi connectivity index (χ3n) is 5.66. The molecule has 4 bridgehead atoms. The molecule has 6 heteroatoms. The number of nitrogens with one attached hydrogen (secondary N) is 1. The molecule has 0 radical (unpaired) electrons. The van der Waals surface area contributed by atoms with Crippen LogP contribution in [0.3, 0.4) is 0 Å². The van der Waals surface area contributed by atoms with Crippen molar-refractivity contribution in [3.05, 3.63) is 5.51 Å². The first kappa shape index (κ1) is 13.5. The first-order valence-corrected chi connectivity index (χ1v) is 8.78. The third-order valence-corrected chi connectivity index (χ3v) is 6.26. The second-order valence-electron chi connectivity index (χ2n) is 7.45. The summed E-state index contributed by atoms with van der Waals surface area (Å²) in [6.45, 7) is 0.890. The summed E-state index contributed by atoms with van der Waals surface area (Å²) in [6, 6.07) is -0.0532. The third kappa shape index (κ3) is 2.54. The summed E-state index contributed by atoms with van der Waals surface area (Å²) in [5, 5.41) is 11.0. The van der Waals surface area contributed by atoms with Crippen LogP contribution in [0.15, 0.2) is 5.51 Å². The fourth-order valence-electron chi connectivity index (χ4n) is 5.47. The van der Waals surface area contributed by atoms with Gasteiger partial charge in [0.2, 0.25) is 5.13 Å². The molecule has 0 atom stereocenters. The zero-order valence-electron chi connectivity index (χ0n) is 12.4. The zero-order chi connectivity index (χ0) is 14.4. The molecule has 21 heavy (non-hydrogen) atoms. The van der Waals surface area contributed by atoms with Crippen molar-refractivity contribution in [1.82, 2.24) is 15.1 Å². The highest BCUT2D eigenvalue weighted by Crippen LogP contribution is 2.60. The first-order valence-electron chi connectivity index (χ1n) is 7.90. The minimum atomic E-state index is -0.0532. The van der Waals surface area contributed by atoms with Crippen molar-refractivity contribution in [3.8, 4) is 0 Å². The Morgan fingerprint density at radius 2 is 1.95 bits per heavy atom. The molecule has 1 aromatic heterocycles. The van der Waals surface area contributed by atoms with Crippen LogP contribution in [-0.4, -0.2) is 34.7 Å². The number of anilines is 1. The summed E-state index contributed by atoms with van der Waals surface area (Å²) >= 11 is 1.36. The molecular formula is C15H22N4OS. The number of amides is 2. The second kappa shape index (κ2) is 4.93. The molecule has 114 valence electrons. The largest absolute Gasteiger partial charge is 0.327 e. The number of nitrogens with zero attached hydrogens (tertiary/aromatic N) is 3. The van der Waals surface area contributed by atoms with E-state index in [1.54, 1.807) is 5.51 Å². The van der Waals surface area contributed by atoms with Gasteiger partial charge in [-0.15, -0.1) is 10.2 Å². The average Bonchev–Trinajstić information content (AvgIpc) is 2.89. The molecule has 5 nitrogen and oxygen atoms in total. The summed E-state index contributed by atoms with van der Waals surface area (Å²) in [5.74, 6) is 2.78. The Bertz CT molecular complexity index is 495. The van der Waals surface area contributed by atoms with Gasteiger partial charge in [-0.25, -0.2) is 4.79 Å². The van der Waals surface area contributed by atoms with Gasteiger partial charge >= 0.3 is 6.03 Å². The molecule has 0 spiro atoms. The normalized spacial score (nSPS) is 36.7. The van der Waals surface area contributed by atoms with E-state index in [1.807, 2.05) is 11.9 Å². The summed E-state index contributed by atoms with van der Waals surface area (Å²) in [7, 11) is 1.91. The number of aromatic nitrogens is 2.